The second-order valence-corrected chi connectivity index (χ2v) is 20.5. The highest BCUT2D eigenvalue weighted by Gasteiger charge is 2.41. The molecule has 0 N–H and O–H groups in total. The molecule has 0 radical (unpaired) electrons. The average molecular weight is 812 g/mol. The Bertz CT molecular complexity index is 3190. The Morgan fingerprint density at radius 3 is 1.41 bits per heavy atom. The summed E-state index contributed by atoms with van der Waals surface area (Å²) in [6, 6.07) is 91.9. The Kier molecular flexibility index (Phi) is 9.46. The molecule has 11 rings (SSSR count). The van der Waals surface area contributed by atoms with E-state index in [1.54, 1.807) is 0 Å². The van der Waals surface area contributed by atoms with E-state index in [-0.39, 0.29) is 0 Å². The number of fused-ring (bicyclic) bond motifs is 5. The molecule has 0 fully saturated rings. The lowest BCUT2D eigenvalue weighted by molar-refractivity contribution is 1.30. The number of hydrogen-bond acceptors (Lipinski definition) is 2. The van der Waals surface area contributed by atoms with Gasteiger partial charge >= 0.3 is 0 Å². The highest BCUT2D eigenvalue weighted by Crippen LogP contribution is 2.47. The molecule has 0 aliphatic carbocycles. The predicted molar refractivity (Wildman–Crippen MR) is 266 cm³/mol. The molecule has 10 aromatic carbocycles. The van der Waals surface area contributed by atoms with Crippen LogP contribution in [0.1, 0.15) is 0 Å². The molecule has 1 heterocycles. The molecule has 0 amide bonds. The number of anilines is 3. The van der Waals surface area contributed by atoms with Gasteiger partial charge in [0.25, 0.3) is 0 Å². The van der Waals surface area contributed by atoms with Gasteiger partial charge in [-0.15, -0.1) is 11.3 Å². The lowest BCUT2D eigenvalue weighted by Crippen LogP contribution is -2.74. The monoisotopic (exact) mass is 811 g/mol. The van der Waals surface area contributed by atoms with Crippen LogP contribution in [-0.2, 0) is 0 Å². The lowest BCUT2D eigenvalue weighted by Gasteiger charge is -2.34. The number of benzene rings is 10. The number of nitrogens with zero attached hydrogens (tertiary/aromatic N) is 1. The zero-order chi connectivity index (χ0) is 40.6. The summed E-state index contributed by atoms with van der Waals surface area (Å²) >= 11 is 1.89. The second-order valence-electron chi connectivity index (χ2n) is 15.6. The van der Waals surface area contributed by atoms with Crippen LogP contribution in [0.15, 0.2) is 249 Å². The van der Waals surface area contributed by atoms with Gasteiger partial charge in [-0.2, -0.15) is 0 Å². The fourth-order valence-corrected chi connectivity index (χ4v) is 15.4. The first-order valence-electron chi connectivity index (χ1n) is 20.9. The fourth-order valence-electron chi connectivity index (χ4n) is 9.39. The van der Waals surface area contributed by atoms with Gasteiger partial charge in [0.15, 0.2) is 8.07 Å². The van der Waals surface area contributed by atoms with Crippen molar-refractivity contribution in [2.75, 3.05) is 4.90 Å². The van der Waals surface area contributed by atoms with Crippen molar-refractivity contribution >= 4 is 88.2 Å². The van der Waals surface area contributed by atoms with E-state index in [4.69, 9.17) is 0 Å². The summed E-state index contributed by atoms with van der Waals surface area (Å²) in [7, 11) is -2.72. The summed E-state index contributed by atoms with van der Waals surface area (Å²) in [6.07, 6.45) is 0. The zero-order valence-electron chi connectivity index (χ0n) is 33.5. The molecule has 61 heavy (non-hydrogen) atoms. The molecule has 11 aromatic rings. The van der Waals surface area contributed by atoms with Gasteiger partial charge in [-0.05, 0) is 79.4 Å². The third kappa shape index (κ3) is 6.47. The molecule has 0 aliphatic rings. The Labute approximate surface area is 362 Å². The molecular formula is C58H41NSSi. The van der Waals surface area contributed by atoms with Gasteiger partial charge in [-0.3, -0.25) is 0 Å². The van der Waals surface area contributed by atoms with Crippen molar-refractivity contribution in [1.82, 2.24) is 0 Å². The summed E-state index contributed by atoms with van der Waals surface area (Å²) < 4.78 is 2.63. The van der Waals surface area contributed by atoms with Crippen LogP contribution < -0.4 is 25.6 Å². The number of hydrogen-bond donors (Lipinski definition) is 0. The Balaban J connectivity index is 1.12. The molecule has 0 atom stereocenters. The molecule has 0 saturated carbocycles. The number of rotatable bonds is 9. The summed E-state index contributed by atoms with van der Waals surface area (Å²) in [5, 5.41) is 10.5. The zero-order valence-corrected chi connectivity index (χ0v) is 35.3. The molecule has 0 bridgehead atoms. The van der Waals surface area contributed by atoms with E-state index in [1.807, 2.05) is 11.3 Å². The Hall–Kier alpha value is -7.30. The van der Waals surface area contributed by atoms with E-state index < -0.39 is 8.07 Å². The average Bonchev–Trinajstić information content (AvgIpc) is 3.73. The molecule has 0 unspecified atom stereocenters. The SMILES string of the molecule is c1ccc(-c2ccc(N(c3cccc(-c4cccc([Si](c5ccccc5)(c5ccccc5)c5ccccc5)c4)c3)c3cc4c5ccccc5sc4c4ccccc34)cc2)cc1. The molecule has 288 valence electrons. The van der Waals surface area contributed by atoms with Crippen LogP contribution in [0.5, 0.6) is 0 Å². The first-order valence-corrected chi connectivity index (χ1v) is 23.7. The van der Waals surface area contributed by atoms with Crippen molar-refractivity contribution in [2.24, 2.45) is 0 Å². The Morgan fingerprint density at radius 1 is 0.295 bits per heavy atom. The minimum atomic E-state index is -2.72. The van der Waals surface area contributed by atoms with Crippen LogP contribution in [0.3, 0.4) is 0 Å². The van der Waals surface area contributed by atoms with Crippen molar-refractivity contribution in [3.8, 4) is 22.3 Å². The van der Waals surface area contributed by atoms with E-state index in [0.717, 1.165) is 17.1 Å². The van der Waals surface area contributed by atoms with Gasteiger partial charge in [-0.25, -0.2) is 0 Å². The maximum Gasteiger partial charge on any atom is 0.179 e. The predicted octanol–water partition coefficient (Wildman–Crippen LogP) is 13.4. The van der Waals surface area contributed by atoms with Crippen molar-refractivity contribution in [2.45, 2.75) is 0 Å². The molecular weight excluding hydrogens is 771 g/mol. The molecule has 1 aromatic heterocycles. The minimum absolute atomic E-state index is 1.11. The largest absolute Gasteiger partial charge is 0.310 e. The van der Waals surface area contributed by atoms with Gasteiger partial charge < -0.3 is 4.90 Å². The smallest absolute Gasteiger partial charge is 0.179 e. The first kappa shape index (κ1) is 36.8. The Morgan fingerprint density at radius 2 is 0.770 bits per heavy atom. The molecule has 1 nitrogen and oxygen atoms in total. The number of thiophene rings is 1. The summed E-state index contributed by atoms with van der Waals surface area (Å²) in [6.45, 7) is 0. The van der Waals surface area contributed by atoms with Crippen molar-refractivity contribution < 1.29 is 0 Å². The lowest BCUT2D eigenvalue weighted by atomic mass is 10.0. The van der Waals surface area contributed by atoms with Crippen LogP contribution in [-0.4, -0.2) is 8.07 Å². The maximum absolute atomic E-state index is 2.72. The van der Waals surface area contributed by atoms with Crippen LogP contribution in [0.4, 0.5) is 17.1 Å². The molecule has 0 spiro atoms. The van der Waals surface area contributed by atoms with Crippen LogP contribution in [0.25, 0.3) is 53.2 Å². The van der Waals surface area contributed by atoms with Gasteiger partial charge in [0.05, 0.1) is 5.69 Å². The standard InChI is InChI=1S/C58H41NSSi/c1-5-19-42(20-6-1)43-35-37-46(38-36-43)59(56-41-55-53-32-15-16-34-57(53)60-58(55)54-33-14-13-31-52(54)56)47-23-17-21-44(39-47)45-22-18-30-51(40-45)61(48-24-7-2-8-25-48,49-26-9-3-10-27-49)50-28-11-4-12-29-50/h1-41H. The van der Waals surface area contributed by atoms with Crippen molar-refractivity contribution in [3.05, 3.63) is 249 Å². The highest BCUT2D eigenvalue weighted by atomic mass is 32.1. The molecule has 3 heteroatoms. The van der Waals surface area contributed by atoms with Crippen LogP contribution in [0, 0.1) is 0 Å². The van der Waals surface area contributed by atoms with E-state index in [1.165, 1.54) is 73.9 Å². The summed E-state index contributed by atoms with van der Waals surface area (Å²) in [5.41, 5.74) is 8.16. The van der Waals surface area contributed by atoms with Crippen LogP contribution >= 0.6 is 11.3 Å². The quantitative estimate of drug-likeness (QED) is 0.104. The first-order chi connectivity index (χ1) is 30.3. The van der Waals surface area contributed by atoms with E-state index in [0.29, 0.717) is 0 Å². The van der Waals surface area contributed by atoms with E-state index >= 15 is 0 Å². The van der Waals surface area contributed by atoms with Gasteiger partial charge in [-0.1, -0.05) is 212 Å². The normalized spacial score (nSPS) is 11.6. The molecule has 0 aliphatic heterocycles. The maximum atomic E-state index is 2.47. The minimum Gasteiger partial charge on any atom is -0.310 e. The van der Waals surface area contributed by atoms with Crippen molar-refractivity contribution in [1.29, 1.82) is 0 Å². The second kappa shape index (κ2) is 15.7. The van der Waals surface area contributed by atoms with Gasteiger partial charge in [0.2, 0.25) is 0 Å². The van der Waals surface area contributed by atoms with Gasteiger partial charge in [0.1, 0.15) is 0 Å². The van der Waals surface area contributed by atoms with Gasteiger partial charge in [0, 0.05) is 42.3 Å². The highest BCUT2D eigenvalue weighted by molar-refractivity contribution is 7.26. The van der Waals surface area contributed by atoms with E-state index in [9.17, 15) is 0 Å². The third-order valence-corrected chi connectivity index (χ3v) is 18.2. The van der Waals surface area contributed by atoms with Crippen LogP contribution in [0.2, 0.25) is 0 Å². The molecule has 0 saturated heterocycles. The summed E-state index contributed by atoms with van der Waals surface area (Å²) in [4.78, 5) is 2.47. The van der Waals surface area contributed by atoms with Crippen molar-refractivity contribution in [3.63, 3.8) is 0 Å². The summed E-state index contributed by atoms with van der Waals surface area (Å²) in [5.74, 6) is 0. The fraction of sp³-hybridized carbons (Fsp3) is 0. The topological polar surface area (TPSA) is 3.24 Å². The third-order valence-electron chi connectivity index (χ3n) is 12.2. The van der Waals surface area contributed by atoms with E-state index in [2.05, 4.69) is 254 Å².